The molecule has 1 aliphatic carbocycles. The van der Waals surface area contributed by atoms with Crippen LogP contribution in [-0.4, -0.2) is 48.3 Å². The van der Waals surface area contributed by atoms with Crippen molar-refractivity contribution in [3.63, 3.8) is 0 Å². The van der Waals surface area contributed by atoms with Crippen molar-refractivity contribution in [3.05, 3.63) is 60.2 Å². The number of rotatable bonds is 6. The first kappa shape index (κ1) is 19.4. The largest absolute Gasteiger partial charge is 0.457 e. The van der Waals surface area contributed by atoms with Crippen LogP contribution in [0.15, 0.2) is 54.6 Å². The van der Waals surface area contributed by atoms with Gasteiger partial charge < -0.3 is 20.1 Å². The molecule has 4 rings (SSSR count). The summed E-state index contributed by atoms with van der Waals surface area (Å²) in [7, 11) is 0. The first-order valence-electron chi connectivity index (χ1n) is 10.7. The second-order valence-electron chi connectivity index (χ2n) is 8.26. The molecule has 2 aliphatic rings. The van der Waals surface area contributed by atoms with Gasteiger partial charge >= 0.3 is 0 Å². The van der Waals surface area contributed by atoms with Crippen molar-refractivity contribution in [2.45, 2.75) is 43.6 Å². The van der Waals surface area contributed by atoms with Crippen LogP contribution < -0.4 is 10.1 Å². The van der Waals surface area contributed by atoms with Crippen molar-refractivity contribution in [2.75, 3.05) is 32.7 Å². The molecule has 0 aromatic heterocycles. The molecule has 1 saturated heterocycles. The minimum atomic E-state index is -0.617. The number of benzene rings is 2. The van der Waals surface area contributed by atoms with Crippen molar-refractivity contribution >= 4 is 0 Å². The van der Waals surface area contributed by atoms with Gasteiger partial charge in [-0.2, -0.15) is 0 Å². The average Bonchev–Trinajstić information content (AvgIpc) is 2.74. The predicted molar refractivity (Wildman–Crippen MR) is 113 cm³/mol. The van der Waals surface area contributed by atoms with Crippen molar-refractivity contribution in [1.82, 2.24) is 10.2 Å². The van der Waals surface area contributed by atoms with Gasteiger partial charge in [-0.05, 0) is 42.7 Å². The number of para-hydroxylation sites is 1. The summed E-state index contributed by atoms with van der Waals surface area (Å²) in [5, 5.41) is 15.0. The highest BCUT2D eigenvalue weighted by molar-refractivity contribution is 5.36. The molecule has 0 unspecified atom stereocenters. The van der Waals surface area contributed by atoms with Gasteiger partial charge in [0.15, 0.2) is 0 Å². The monoisotopic (exact) mass is 380 g/mol. The van der Waals surface area contributed by atoms with Crippen LogP contribution in [0.3, 0.4) is 0 Å². The topological polar surface area (TPSA) is 44.7 Å². The van der Waals surface area contributed by atoms with Gasteiger partial charge in [0.25, 0.3) is 0 Å². The molecule has 150 valence electrons. The number of nitrogens with zero attached hydrogens (tertiary/aromatic N) is 1. The van der Waals surface area contributed by atoms with Gasteiger partial charge in [-0.1, -0.05) is 49.6 Å². The maximum atomic E-state index is 11.6. The number of hydrogen-bond donors (Lipinski definition) is 2. The van der Waals surface area contributed by atoms with Crippen LogP contribution in [-0.2, 0) is 0 Å². The summed E-state index contributed by atoms with van der Waals surface area (Å²) >= 11 is 0. The molecule has 0 spiro atoms. The van der Waals surface area contributed by atoms with Gasteiger partial charge in [0.05, 0.1) is 5.60 Å². The third kappa shape index (κ3) is 4.75. The van der Waals surface area contributed by atoms with E-state index in [4.69, 9.17) is 4.74 Å². The molecule has 1 aliphatic heterocycles. The fourth-order valence-electron chi connectivity index (χ4n) is 4.67. The van der Waals surface area contributed by atoms with Crippen molar-refractivity contribution < 1.29 is 9.84 Å². The molecule has 4 nitrogen and oxygen atoms in total. The van der Waals surface area contributed by atoms with Crippen molar-refractivity contribution in [2.24, 2.45) is 0 Å². The normalized spacial score (nSPS) is 21.2. The van der Waals surface area contributed by atoms with Gasteiger partial charge in [-0.25, -0.2) is 0 Å². The summed E-state index contributed by atoms with van der Waals surface area (Å²) in [5.41, 5.74) is 0.575. The number of hydrogen-bond acceptors (Lipinski definition) is 4. The summed E-state index contributed by atoms with van der Waals surface area (Å²) in [5.74, 6) is 1.80. The van der Waals surface area contributed by atoms with Crippen LogP contribution in [0.2, 0.25) is 0 Å². The number of aliphatic hydroxyl groups is 1. The number of nitrogens with one attached hydrogen (secondary N) is 1. The lowest BCUT2D eigenvalue weighted by Crippen LogP contribution is -2.49. The third-order valence-electron chi connectivity index (χ3n) is 6.26. The molecule has 1 heterocycles. The van der Waals surface area contributed by atoms with Gasteiger partial charge in [0.1, 0.15) is 11.5 Å². The van der Waals surface area contributed by atoms with E-state index in [9.17, 15) is 5.11 Å². The zero-order valence-corrected chi connectivity index (χ0v) is 16.6. The predicted octanol–water partition coefficient (Wildman–Crippen LogP) is 4.16. The lowest BCUT2D eigenvalue weighted by atomic mass is 9.72. The zero-order valence-electron chi connectivity index (χ0n) is 16.6. The van der Waals surface area contributed by atoms with E-state index in [0.717, 1.165) is 69.9 Å². The molecule has 2 aromatic rings. The van der Waals surface area contributed by atoms with Gasteiger partial charge in [-0.3, -0.25) is 0 Å². The smallest absolute Gasteiger partial charge is 0.127 e. The molecule has 0 amide bonds. The molecule has 0 bridgehead atoms. The Balaban J connectivity index is 1.58. The third-order valence-corrected chi connectivity index (χ3v) is 6.26. The quantitative estimate of drug-likeness (QED) is 0.790. The van der Waals surface area contributed by atoms with Crippen LogP contribution in [0, 0.1) is 0 Å². The van der Waals surface area contributed by atoms with Crippen molar-refractivity contribution in [3.8, 4) is 11.5 Å². The molecule has 2 aromatic carbocycles. The van der Waals surface area contributed by atoms with E-state index >= 15 is 0 Å². The van der Waals surface area contributed by atoms with E-state index < -0.39 is 5.60 Å². The second kappa shape index (κ2) is 9.08. The number of piperazine rings is 1. The van der Waals surface area contributed by atoms with E-state index in [1.54, 1.807) is 0 Å². The Bertz CT molecular complexity index is 737. The molecular formula is C24H32N2O2. The fourth-order valence-corrected chi connectivity index (χ4v) is 4.67. The van der Waals surface area contributed by atoms with E-state index in [0.29, 0.717) is 0 Å². The molecule has 4 heteroatoms. The van der Waals surface area contributed by atoms with Gasteiger partial charge in [0, 0.05) is 38.6 Å². The Morgan fingerprint density at radius 2 is 1.64 bits per heavy atom. The first-order chi connectivity index (χ1) is 13.7. The summed E-state index contributed by atoms with van der Waals surface area (Å²) in [6, 6.07) is 18.3. The molecule has 0 radical (unpaired) electrons. The maximum absolute atomic E-state index is 11.6. The second-order valence-corrected chi connectivity index (χ2v) is 8.26. The van der Waals surface area contributed by atoms with Crippen LogP contribution in [0.25, 0.3) is 0 Å². The van der Waals surface area contributed by atoms with E-state index in [-0.39, 0.29) is 5.92 Å². The van der Waals surface area contributed by atoms with E-state index in [2.05, 4.69) is 28.4 Å². The standard InChI is InChI=1S/C24H32N2O2/c27-24(12-5-2-6-13-24)23(19-26-16-14-25-15-17-26)20-8-7-11-22(18-20)28-21-9-3-1-4-10-21/h1,3-4,7-11,18,23,25,27H,2,5-6,12-17,19H2/t23-/m0/s1. The van der Waals surface area contributed by atoms with E-state index in [1.165, 1.54) is 12.0 Å². The Morgan fingerprint density at radius 1 is 0.929 bits per heavy atom. The molecule has 2 fully saturated rings. The van der Waals surface area contributed by atoms with Crippen LogP contribution >= 0.6 is 0 Å². The highest BCUT2D eigenvalue weighted by Gasteiger charge is 2.39. The Labute approximate surface area is 168 Å². The van der Waals surface area contributed by atoms with Crippen molar-refractivity contribution in [1.29, 1.82) is 0 Å². The Morgan fingerprint density at radius 3 is 2.39 bits per heavy atom. The Hall–Kier alpha value is -1.88. The van der Waals surface area contributed by atoms with Gasteiger partial charge in [0.2, 0.25) is 0 Å². The summed E-state index contributed by atoms with van der Waals surface area (Å²) in [6.45, 7) is 5.07. The molecule has 28 heavy (non-hydrogen) atoms. The minimum absolute atomic E-state index is 0.116. The summed E-state index contributed by atoms with van der Waals surface area (Å²) < 4.78 is 6.07. The lowest BCUT2D eigenvalue weighted by molar-refractivity contribution is -0.0316. The molecular weight excluding hydrogens is 348 g/mol. The molecule has 1 saturated carbocycles. The number of ether oxygens (including phenoxy) is 1. The SMILES string of the molecule is OC1([C@@H](CN2CCNCC2)c2cccc(Oc3ccccc3)c2)CCCCC1. The highest BCUT2D eigenvalue weighted by Crippen LogP contribution is 2.41. The van der Waals surface area contributed by atoms with Crippen LogP contribution in [0.1, 0.15) is 43.6 Å². The zero-order chi connectivity index (χ0) is 19.2. The fraction of sp³-hybridized carbons (Fsp3) is 0.500. The van der Waals surface area contributed by atoms with Crippen LogP contribution in [0.5, 0.6) is 11.5 Å². The first-order valence-corrected chi connectivity index (χ1v) is 10.7. The molecule has 2 N–H and O–H groups in total. The maximum Gasteiger partial charge on any atom is 0.127 e. The molecule has 1 atom stereocenters. The summed E-state index contributed by atoms with van der Waals surface area (Å²) in [6.07, 6.45) is 5.27. The van der Waals surface area contributed by atoms with Crippen LogP contribution in [0.4, 0.5) is 0 Å². The van der Waals surface area contributed by atoms with Gasteiger partial charge in [-0.15, -0.1) is 0 Å². The lowest BCUT2D eigenvalue weighted by Gasteiger charge is -2.42. The minimum Gasteiger partial charge on any atom is -0.457 e. The summed E-state index contributed by atoms with van der Waals surface area (Å²) in [4.78, 5) is 2.50. The Kier molecular flexibility index (Phi) is 6.30. The highest BCUT2D eigenvalue weighted by atomic mass is 16.5. The van der Waals surface area contributed by atoms with E-state index in [1.807, 2.05) is 36.4 Å². The average molecular weight is 381 g/mol.